The van der Waals surface area contributed by atoms with Crippen LogP contribution in [0.5, 0.6) is 5.75 Å². The SMILES string of the molecule is C=CC[C@H](CO)CS(=O)(=O)C1CCc2ccccc2C12CNc1cc(C(N)=O)ccc1OC2. The van der Waals surface area contributed by atoms with Crippen LogP contribution in [0.4, 0.5) is 5.69 Å². The minimum atomic E-state index is -3.59. The number of aryl methyl sites for hydroxylation is 1. The number of amides is 1. The molecule has 0 fully saturated rings. The number of primary amides is 1. The van der Waals surface area contributed by atoms with Gasteiger partial charge in [0.25, 0.3) is 0 Å². The van der Waals surface area contributed by atoms with E-state index in [0.717, 1.165) is 11.1 Å². The van der Waals surface area contributed by atoms with Crippen LogP contribution in [0, 0.1) is 5.92 Å². The number of fused-ring (bicyclic) bond motifs is 3. The largest absolute Gasteiger partial charge is 0.490 e. The molecule has 1 spiro atoms. The molecule has 2 aromatic carbocycles. The van der Waals surface area contributed by atoms with Crippen LogP contribution >= 0.6 is 0 Å². The normalized spacial score (nSPS) is 22.8. The van der Waals surface area contributed by atoms with Crippen LogP contribution in [0.25, 0.3) is 0 Å². The molecule has 1 amide bonds. The molecule has 8 heteroatoms. The summed E-state index contributed by atoms with van der Waals surface area (Å²) in [5.41, 5.74) is 7.65. The number of anilines is 1. The number of carbonyl (C=O) groups is 1. The maximum Gasteiger partial charge on any atom is 0.248 e. The smallest absolute Gasteiger partial charge is 0.248 e. The van der Waals surface area contributed by atoms with E-state index >= 15 is 0 Å². The summed E-state index contributed by atoms with van der Waals surface area (Å²) in [6.07, 6.45) is 3.21. The summed E-state index contributed by atoms with van der Waals surface area (Å²) >= 11 is 0. The predicted molar refractivity (Wildman–Crippen MR) is 128 cm³/mol. The van der Waals surface area contributed by atoms with Gasteiger partial charge in [-0.15, -0.1) is 6.58 Å². The van der Waals surface area contributed by atoms with E-state index in [-0.39, 0.29) is 19.0 Å². The van der Waals surface area contributed by atoms with Crippen molar-refractivity contribution >= 4 is 21.4 Å². The Bertz CT molecular complexity index is 1160. The number of aliphatic hydroxyl groups excluding tert-OH is 1. The molecular formula is C25H30N2O5S. The van der Waals surface area contributed by atoms with Crippen molar-refractivity contribution in [2.24, 2.45) is 11.7 Å². The Morgan fingerprint density at radius 2 is 2.12 bits per heavy atom. The quantitative estimate of drug-likeness (QED) is 0.535. The third-order valence-corrected chi connectivity index (χ3v) is 9.34. The van der Waals surface area contributed by atoms with Gasteiger partial charge in [0, 0.05) is 18.7 Å². The minimum Gasteiger partial charge on any atom is -0.490 e. The van der Waals surface area contributed by atoms with E-state index in [0.29, 0.717) is 42.8 Å². The second kappa shape index (κ2) is 9.19. The van der Waals surface area contributed by atoms with E-state index in [4.69, 9.17) is 10.5 Å². The molecule has 1 aliphatic heterocycles. The lowest BCUT2D eigenvalue weighted by Gasteiger charge is -2.44. The molecule has 3 atom stereocenters. The molecule has 0 saturated carbocycles. The van der Waals surface area contributed by atoms with E-state index in [9.17, 15) is 18.3 Å². The number of hydrogen-bond acceptors (Lipinski definition) is 6. The molecule has 0 bridgehead atoms. The lowest BCUT2D eigenvalue weighted by Crippen LogP contribution is -2.55. The number of ether oxygens (including phenoxy) is 1. The van der Waals surface area contributed by atoms with Crippen molar-refractivity contribution in [2.45, 2.75) is 29.9 Å². The van der Waals surface area contributed by atoms with E-state index in [1.807, 2.05) is 24.3 Å². The fourth-order valence-electron chi connectivity index (χ4n) is 5.20. The van der Waals surface area contributed by atoms with Crippen molar-refractivity contribution in [1.82, 2.24) is 0 Å². The molecule has 2 aliphatic rings. The van der Waals surface area contributed by atoms with Crippen molar-refractivity contribution in [3.63, 3.8) is 0 Å². The Kier molecular flexibility index (Phi) is 6.50. The molecule has 7 nitrogen and oxygen atoms in total. The first kappa shape index (κ1) is 23.3. The summed E-state index contributed by atoms with van der Waals surface area (Å²) < 4.78 is 33.7. The average molecular weight is 471 g/mol. The van der Waals surface area contributed by atoms with E-state index in [1.54, 1.807) is 24.3 Å². The number of hydrogen-bond donors (Lipinski definition) is 3. The van der Waals surface area contributed by atoms with Crippen molar-refractivity contribution in [3.8, 4) is 5.75 Å². The standard InChI is InChI=1S/C25H30N2O5S/c1-2-5-17(13-28)14-33(30,31)23-11-9-18-6-3-4-7-20(18)25(23)15-27-21-12-19(24(26)29)8-10-22(21)32-16-25/h2-4,6-8,10,12,17,23,27-28H,1,5,9,11,13-16H2,(H2,26,29)/t17-,23?,25?/m1/s1. The zero-order valence-electron chi connectivity index (χ0n) is 18.5. The van der Waals surface area contributed by atoms with Gasteiger partial charge in [-0.2, -0.15) is 0 Å². The Morgan fingerprint density at radius 3 is 2.85 bits per heavy atom. The fourth-order valence-corrected chi connectivity index (χ4v) is 7.77. The number of rotatable bonds is 7. The molecule has 0 aromatic heterocycles. The van der Waals surface area contributed by atoms with Crippen LogP contribution in [0.3, 0.4) is 0 Å². The van der Waals surface area contributed by atoms with Gasteiger partial charge >= 0.3 is 0 Å². The molecule has 4 rings (SSSR count). The van der Waals surface area contributed by atoms with Crippen molar-refractivity contribution in [3.05, 3.63) is 71.8 Å². The topological polar surface area (TPSA) is 119 Å². The van der Waals surface area contributed by atoms with Gasteiger partial charge in [-0.25, -0.2) is 8.42 Å². The first-order chi connectivity index (χ1) is 15.8. The summed E-state index contributed by atoms with van der Waals surface area (Å²) in [6.45, 7) is 3.98. The highest BCUT2D eigenvalue weighted by molar-refractivity contribution is 7.92. The molecule has 2 unspecified atom stereocenters. The summed E-state index contributed by atoms with van der Waals surface area (Å²) in [4.78, 5) is 11.6. The number of nitrogens with two attached hydrogens (primary N) is 1. The fraction of sp³-hybridized carbons (Fsp3) is 0.400. The van der Waals surface area contributed by atoms with Crippen molar-refractivity contribution < 1.29 is 23.1 Å². The summed E-state index contributed by atoms with van der Waals surface area (Å²) in [5, 5.41) is 12.4. The van der Waals surface area contributed by atoms with Gasteiger partial charge in [0.15, 0.2) is 9.84 Å². The Balaban J connectivity index is 1.76. The lowest BCUT2D eigenvalue weighted by molar-refractivity contribution is 0.1000. The van der Waals surface area contributed by atoms with Crippen LogP contribution in [0.2, 0.25) is 0 Å². The molecule has 1 heterocycles. The summed E-state index contributed by atoms with van der Waals surface area (Å²) in [5.74, 6) is -0.491. The molecule has 1 aliphatic carbocycles. The van der Waals surface area contributed by atoms with E-state index in [2.05, 4.69) is 11.9 Å². The van der Waals surface area contributed by atoms with E-state index < -0.39 is 32.3 Å². The summed E-state index contributed by atoms with van der Waals surface area (Å²) in [7, 11) is -3.59. The highest BCUT2D eigenvalue weighted by Crippen LogP contribution is 2.45. The molecule has 0 saturated heterocycles. The Morgan fingerprint density at radius 1 is 1.33 bits per heavy atom. The number of nitrogens with one attached hydrogen (secondary N) is 1. The third kappa shape index (κ3) is 4.37. The number of benzene rings is 2. The Hall–Kier alpha value is -2.84. The van der Waals surface area contributed by atoms with Gasteiger partial charge in [0.05, 0.1) is 22.1 Å². The first-order valence-electron chi connectivity index (χ1n) is 11.1. The van der Waals surface area contributed by atoms with Gasteiger partial charge in [0.2, 0.25) is 5.91 Å². The van der Waals surface area contributed by atoms with Crippen LogP contribution < -0.4 is 15.8 Å². The second-order valence-electron chi connectivity index (χ2n) is 8.96. The maximum atomic E-state index is 13.8. The molecule has 2 aromatic rings. The molecule has 33 heavy (non-hydrogen) atoms. The highest BCUT2D eigenvalue weighted by Gasteiger charge is 2.52. The van der Waals surface area contributed by atoms with E-state index in [1.165, 1.54) is 0 Å². The summed E-state index contributed by atoms with van der Waals surface area (Å²) in [6, 6.07) is 12.8. The molecular weight excluding hydrogens is 440 g/mol. The highest BCUT2D eigenvalue weighted by atomic mass is 32.2. The Labute approximate surface area is 194 Å². The molecule has 0 radical (unpaired) electrons. The monoisotopic (exact) mass is 470 g/mol. The van der Waals surface area contributed by atoms with Gasteiger partial charge in [-0.1, -0.05) is 30.3 Å². The predicted octanol–water partition coefficient (Wildman–Crippen LogP) is 2.44. The zero-order valence-corrected chi connectivity index (χ0v) is 19.3. The zero-order chi connectivity index (χ0) is 23.6. The number of aliphatic hydroxyl groups is 1. The number of allylic oxidation sites excluding steroid dienone is 1. The van der Waals surface area contributed by atoms with Crippen molar-refractivity contribution in [2.75, 3.05) is 30.8 Å². The maximum absolute atomic E-state index is 13.8. The average Bonchev–Trinajstić information content (AvgIpc) is 2.99. The van der Waals surface area contributed by atoms with Gasteiger partial charge in [-0.05, 0) is 54.5 Å². The minimum absolute atomic E-state index is 0.108. The van der Waals surface area contributed by atoms with Gasteiger partial charge in [0.1, 0.15) is 12.4 Å². The lowest BCUT2D eigenvalue weighted by atomic mass is 9.70. The number of sulfone groups is 1. The van der Waals surface area contributed by atoms with Crippen LogP contribution in [-0.2, 0) is 21.7 Å². The third-order valence-electron chi connectivity index (χ3n) is 6.85. The molecule has 4 N–H and O–H groups in total. The van der Waals surface area contributed by atoms with Crippen LogP contribution in [0.15, 0.2) is 55.1 Å². The van der Waals surface area contributed by atoms with Crippen molar-refractivity contribution in [1.29, 1.82) is 0 Å². The number of carbonyl (C=O) groups excluding carboxylic acids is 1. The van der Waals surface area contributed by atoms with Crippen LogP contribution in [0.1, 0.15) is 34.3 Å². The van der Waals surface area contributed by atoms with Crippen LogP contribution in [-0.4, -0.2) is 50.2 Å². The van der Waals surface area contributed by atoms with Gasteiger partial charge in [-0.3, -0.25) is 4.79 Å². The van der Waals surface area contributed by atoms with Gasteiger partial charge < -0.3 is 20.9 Å². The first-order valence-corrected chi connectivity index (χ1v) is 12.8. The second-order valence-corrected chi connectivity index (χ2v) is 11.2. The molecule has 176 valence electrons.